The smallest absolute Gasteiger partial charge is 0.262 e. The molecule has 2 rings (SSSR count). The van der Waals surface area contributed by atoms with Gasteiger partial charge in [-0.05, 0) is 42.5 Å². The van der Waals surface area contributed by atoms with E-state index in [2.05, 4.69) is 5.32 Å². The molecule has 2 aromatic carbocycles. The van der Waals surface area contributed by atoms with E-state index in [0.717, 1.165) is 0 Å². The third-order valence-corrected chi connectivity index (χ3v) is 3.61. The number of Topliss-reactive ketones (excluding diaryl/α,β-unsaturated/α-hetero) is 1. The molecule has 0 spiro atoms. The van der Waals surface area contributed by atoms with Crippen LogP contribution in [0.3, 0.4) is 0 Å². The van der Waals surface area contributed by atoms with E-state index in [1.807, 2.05) is 0 Å². The molecule has 6 nitrogen and oxygen atoms in total. The van der Waals surface area contributed by atoms with Crippen molar-refractivity contribution in [3.05, 3.63) is 58.6 Å². The van der Waals surface area contributed by atoms with E-state index in [9.17, 15) is 14.4 Å². The number of ketones is 1. The maximum atomic E-state index is 12.0. The summed E-state index contributed by atoms with van der Waals surface area (Å²) < 4.78 is 5.45. The maximum absolute atomic E-state index is 12.0. The lowest BCUT2D eigenvalue weighted by Crippen LogP contribution is -2.21. The van der Waals surface area contributed by atoms with Gasteiger partial charge in [0.25, 0.3) is 5.91 Å². The molecule has 2 aromatic rings. The first-order valence-corrected chi connectivity index (χ1v) is 7.93. The Morgan fingerprint density at radius 2 is 1.80 bits per heavy atom. The number of ether oxygens (including phenoxy) is 1. The van der Waals surface area contributed by atoms with Crippen LogP contribution in [0.1, 0.15) is 34.1 Å². The monoisotopic (exact) mass is 360 g/mol. The molecule has 0 atom stereocenters. The Hall–Kier alpha value is -2.86. The van der Waals surface area contributed by atoms with Crippen molar-refractivity contribution < 1.29 is 19.1 Å². The van der Waals surface area contributed by atoms with Gasteiger partial charge in [-0.1, -0.05) is 18.5 Å². The molecule has 0 aliphatic heterocycles. The molecule has 0 bridgehead atoms. The molecule has 0 aliphatic carbocycles. The summed E-state index contributed by atoms with van der Waals surface area (Å²) in [6.07, 6.45) is 0.301. The second-order valence-electron chi connectivity index (χ2n) is 5.20. The van der Waals surface area contributed by atoms with E-state index < -0.39 is 11.8 Å². The number of hydrogen-bond acceptors (Lipinski definition) is 4. The van der Waals surface area contributed by atoms with Crippen LogP contribution in [-0.4, -0.2) is 24.2 Å². The zero-order chi connectivity index (χ0) is 18.4. The van der Waals surface area contributed by atoms with Crippen LogP contribution in [0.2, 0.25) is 5.02 Å². The first-order chi connectivity index (χ1) is 11.9. The van der Waals surface area contributed by atoms with Gasteiger partial charge in [0.1, 0.15) is 5.75 Å². The van der Waals surface area contributed by atoms with Crippen molar-refractivity contribution in [3.8, 4) is 5.75 Å². The van der Waals surface area contributed by atoms with Crippen LogP contribution in [0.5, 0.6) is 5.75 Å². The largest absolute Gasteiger partial charge is 0.483 e. The molecular weight excluding hydrogens is 344 g/mol. The van der Waals surface area contributed by atoms with E-state index in [-0.39, 0.29) is 12.4 Å². The van der Waals surface area contributed by atoms with Gasteiger partial charge in [-0.2, -0.15) is 0 Å². The number of primary amides is 1. The van der Waals surface area contributed by atoms with Crippen LogP contribution in [0, 0.1) is 0 Å². The minimum Gasteiger partial charge on any atom is -0.483 e. The highest BCUT2D eigenvalue weighted by molar-refractivity contribution is 6.31. The number of benzene rings is 2. The van der Waals surface area contributed by atoms with E-state index in [4.69, 9.17) is 22.1 Å². The van der Waals surface area contributed by atoms with E-state index in [1.165, 1.54) is 18.2 Å². The highest BCUT2D eigenvalue weighted by atomic mass is 35.5. The van der Waals surface area contributed by atoms with Crippen molar-refractivity contribution in [1.82, 2.24) is 0 Å². The third kappa shape index (κ3) is 5.06. The SMILES string of the molecule is CCC(=O)c1cc(Cl)ccc1OCC(=O)Nc1ccc(C(N)=O)cc1. The van der Waals surface area contributed by atoms with Gasteiger partial charge in [-0.15, -0.1) is 0 Å². The molecule has 3 N–H and O–H groups in total. The predicted octanol–water partition coefficient (Wildman–Crippen LogP) is 3.05. The summed E-state index contributed by atoms with van der Waals surface area (Å²) in [7, 11) is 0. The predicted molar refractivity (Wildman–Crippen MR) is 95.2 cm³/mol. The zero-order valence-corrected chi connectivity index (χ0v) is 14.3. The molecule has 0 aromatic heterocycles. The summed E-state index contributed by atoms with van der Waals surface area (Å²) in [5.74, 6) is -0.774. The van der Waals surface area contributed by atoms with Crippen LogP contribution in [0.4, 0.5) is 5.69 Å². The number of hydrogen-bond donors (Lipinski definition) is 2. The van der Waals surface area contributed by atoms with Gasteiger partial charge in [0.2, 0.25) is 5.91 Å². The van der Waals surface area contributed by atoms with E-state index >= 15 is 0 Å². The molecule has 25 heavy (non-hydrogen) atoms. The number of nitrogens with two attached hydrogens (primary N) is 1. The van der Waals surface area contributed by atoms with Gasteiger partial charge in [0.15, 0.2) is 12.4 Å². The second-order valence-corrected chi connectivity index (χ2v) is 5.63. The van der Waals surface area contributed by atoms with Gasteiger partial charge in [0, 0.05) is 22.7 Å². The summed E-state index contributed by atoms with van der Waals surface area (Å²) in [4.78, 5) is 34.9. The maximum Gasteiger partial charge on any atom is 0.262 e. The Kier molecular flexibility index (Phi) is 6.14. The number of carbonyl (C=O) groups excluding carboxylic acids is 3. The molecule has 0 fully saturated rings. The first kappa shape index (κ1) is 18.5. The normalized spacial score (nSPS) is 10.2. The first-order valence-electron chi connectivity index (χ1n) is 7.56. The van der Waals surface area contributed by atoms with Crippen molar-refractivity contribution >= 4 is 34.9 Å². The Morgan fingerprint density at radius 1 is 1.12 bits per heavy atom. The minimum absolute atomic E-state index is 0.125. The number of amides is 2. The molecule has 0 heterocycles. The molecule has 7 heteroatoms. The highest BCUT2D eigenvalue weighted by Gasteiger charge is 2.13. The molecule has 130 valence electrons. The average molecular weight is 361 g/mol. The molecule has 0 aliphatic rings. The fourth-order valence-corrected chi connectivity index (χ4v) is 2.27. The van der Waals surface area contributed by atoms with E-state index in [1.54, 1.807) is 31.2 Å². The van der Waals surface area contributed by atoms with Crippen LogP contribution >= 0.6 is 11.6 Å². The Bertz CT molecular complexity index is 803. The quantitative estimate of drug-likeness (QED) is 0.741. The zero-order valence-electron chi connectivity index (χ0n) is 13.5. The van der Waals surface area contributed by atoms with Crippen LogP contribution in [-0.2, 0) is 4.79 Å². The summed E-state index contributed by atoms with van der Waals surface area (Å²) in [5, 5.41) is 3.04. The number of carbonyl (C=O) groups is 3. The Labute approximate surface area is 149 Å². The fourth-order valence-electron chi connectivity index (χ4n) is 2.09. The molecule has 2 amide bonds. The summed E-state index contributed by atoms with van der Waals surface area (Å²) in [6, 6.07) is 10.8. The van der Waals surface area contributed by atoms with Gasteiger partial charge >= 0.3 is 0 Å². The van der Waals surface area contributed by atoms with Crippen LogP contribution < -0.4 is 15.8 Å². The lowest BCUT2D eigenvalue weighted by atomic mass is 10.1. The molecule has 0 radical (unpaired) electrons. The van der Waals surface area contributed by atoms with Crippen molar-refractivity contribution in [1.29, 1.82) is 0 Å². The van der Waals surface area contributed by atoms with Gasteiger partial charge in [0.05, 0.1) is 5.56 Å². The summed E-state index contributed by atoms with van der Waals surface area (Å²) >= 11 is 5.90. The van der Waals surface area contributed by atoms with Crippen molar-refractivity contribution in [2.45, 2.75) is 13.3 Å². The summed E-state index contributed by atoms with van der Waals surface area (Å²) in [5.41, 5.74) is 6.34. The molecular formula is C18H17ClN2O4. The Morgan fingerprint density at radius 3 is 2.40 bits per heavy atom. The van der Waals surface area contributed by atoms with Gasteiger partial charge in [-0.25, -0.2) is 0 Å². The van der Waals surface area contributed by atoms with Crippen LogP contribution in [0.15, 0.2) is 42.5 Å². The lowest BCUT2D eigenvalue weighted by molar-refractivity contribution is -0.118. The molecule has 0 unspecified atom stereocenters. The number of nitrogens with one attached hydrogen (secondary N) is 1. The fraction of sp³-hybridized carbons (Fsp3) is 0.167. The minimum atomic E-state index is -0.544. The number of halogens is 1. The number of rotatable bonds is 7. The topological polar surface area (TPSA) is 98.5 Å². The average Bonchev–Trinajstić information content (AvgIpc) is 2.60. The third-order valence-electron chi connectivity index (χ3n) is 3.38. The highest BCUT2D eigenvalue weighted by Crippen LogP contribution is 2.24. The molecule has 0 saturated heterocycles. The lowest BCUT2D eigenvalue weighted by Gasteiger charge is -2.11. The standard InChI is InChI=1S/C18H17ClN2O4/c1-2-15(22)14-9-12(19)5-8-16(14)25-10-17(23)21-13-6-3-11(4-7-13)18(20)24/h3-9H,2,10H2,1H3,(H2,20,24)(H,21,23). The summed E-state index contributed by atoms with van der Waals surface area (Å²) in [6.45, 7) is 1.46. The van der Waals surface area contributed by atoms with Gasteiger partial charge < -0.3 is 15.8 Å². The van der Waals surface area contributed by atoms with E-state index in [0.29, 0.717) is 34.0 Å². The van der Waals surface area contributed by atoms with Crippen LogP contribution in [0.25, 0.3) is 0 Å². The Balaban J connectivity index is 2.00. The molecule has 0 saturated carbocycles. The van der Waals surface area contributed by atoms with Crippen molar-refractivity contribution in [2.75, 3.05) is 11.9 Å². The second kappa shape index (κ2) is 8.30. The number of anilines is 1. The van der Waals surface area contributed by atoms with Crippen molar-refractivity contribution in [3.63, 3.8) is 0 Å². The van der Waals surface area contributed by atoms with Crippen molar-refractivity contribution in [2.24, 2.45) is 5.73 Å². The van der Waals surface area contributed by atoms with Gasteiger partial charge in [-0.3, -0.25) is 14.4 Å².